The van der Waals surface area contributed by atoms with E-state index < -0.39 is 0 Å². The zero-order valence-corrected chi connectivity index (χ0v) is 11.4. The Balaban J connectivity index is 3.09. The van der Waals surface area contributed by atoms with Crippen LogP contribution in [-0.2, 0) is 9.53 Å². The molecule has 0 radical (unpaired) electrons. The fourth-order valence-electron chi connectivity index (χ4n) is 1.17. The molecule has 86 valence electrons. The number of hydrogen-bond donors (Lipinski definition) is 0. The van der Waals surface area contributed by atoms with Crippen LogP contribution in [0, 0.1) is 0 Å². The van der Waals surface area contributed by atoms with Gasteiger partial charge in [-0.1, -0.05) is 45.7 Å². The van der Waals surface area contributed by atoms with Crippen LogP contribution in [0.1, 0.15) is 19.4 Å². The Hall–Kier alpha value is -0.800. The number of carbonyl (C=O) groups is 1. The Morgan fingerprint density at radius 2 is 2.06 bits per heavy atom. The van der Waals surface area contributed by atoms with Crippen LogP contribution >= 0.6 is 27.5 Å². The van der Waals surface area contributed by atoms with Crippen LogP contribution in [0.15, 0.2) is 34.3 Å². The summed E-state index contributed by atoms with van der Waals surface area (Å²) in [7, 11) is 0. The van der Waals surface area contributed by atoms with Crippen LogP contribution in [0.3, 0.4) is 0 Å². The van der Waals surface area contributed by atoms with Gasteiger partial charge in [-0.25, -0.2) is 4.79 Å². The molecule has 2 nitrogen and oxygen atoms in total. The lowest BCUT2D eigenvalue weighted by Crippen LogP contribution is -2.06. The maximum atomic E-state index is 11.5. The van der Waals surface area contributed by atoms with Crippen molar-refractivity contribution >= 4 is 38.5 Å². The lowest BCUT2D eigenvalue weighted by Gasteiger charge is -2.07. The molecule has 1 aromatic rings. The van der Waals surface area contributed by atoms with E-state index in [9.17, 15) is 4.79 Å². The van der Waals surface area contributed by atoms with E-state index in [1.807, 2.05) is 24.3 Å². The minimum atomic E-state index is -0.386. The molecule has 0 amide bonds. The maximum absolute atomic E-state index is 11.5. The number of rotatable bonds is 3. The van der Waals surface area contributed by atoms with E-state index in [1.165, 1.54) is 0 Å². The highest BCUT2D eigenvalue weighted by atomic mass is 79.9. The first-order valence-electron chi connectivity index (χ1n) is 4.86. The Labute approximate surface area is 108 Å². The molecule has 0 aliphatic heterocycles. The minimum absolute atomic E-state index is 0.344. The van der Waals surface area contributed by atoms with E-state index in [-0.39, 0.29) is 5.97 Å². The van der Waals surface area contributed by atoms with E-state index in [1.54, 1.807) is 13.8 Å². The van der Waals surface area contributed by atoms with E-state index in [0.29, 0.717) is 17.2 Å². The average Bonchev–Trinajstić information content (AvgIpc) is 2.28. The molecule has 0 fully saturated rings. The lowest BCUT2D eigenvalue weighted by molar-refractivity contribution is -0.138. The van der Waals surface area contributed by atoms with Gasteiger partial charge in [0.15, 0.2) is 0 Å². The number of hydrogen-bond acceptors (Lipinski definition) is 2. The second-order valence-electron chi connectivity index (χ2n) is 3.14. The first-order valence-corrected chi connectivity index (χ1v) is 6.03. The summed E-state index contributed by atoms with van der Waals surface area (Å²) in [6.45, 7) is 3.76. The molecule has 0 saturated heterocycles. The molecule has 1 aromatic carbocycles. The highest BCUT2D eigenvalue weighted by Crippen LogP contribution is 2.29. The van der Waals surface area contributed by atoms with Crippen molar-refractivity contribution < 1.29 is 9.53 Å². The molecule has 4 heteroatoms. The second-order valence-corrected chi connectivity index (χ2v) is 4.37. The van der Waals surface area contributed by atoms with Gasteiger partial charge in [0.25, 0.3) is 0 Å². The van der Waals surface area contributed by atoms with Crippen molar-refractivity contribution in [1.29, 1.82) is 0 Å². The number of carbonyl (C=O) groups excluding carboxylic acids is 1. The Kier molecular flexibility index (Phi) is 5.03. The van der Waals surface area contributed by atoms with Crippen LogP contribution < -0.4 is 0 Å². The van der Waals surface area contributed by atoms with Gasteiger partial charge in [0.1, 0.15) is 0 Å². The number of benzene rings is 1. The van der Waals surface area contributed by atoms with Crippen molar-refractivity contribution in [1.82, 2.24) is 0 Å². The van der Waals surface area contributed by atoms with Crippen LogP contribution in [0.25, 0.3) is 5.03 Å². The second kappa shape index (κ2) is 6.06. The van der Waals surface area contributed by atoms with Crippen molar-refractivity contribution in [3.05, 3.63) is 39.9 Å². The molecule has 0 aromatic heterocycles. The Bertz CT molecular complexity index is 427. The third kappa shape index (κ3) is 3.09. The van der Waals surface area contributed by atoms with Crippen molar-refractivity contribution in [2.75, 3.05) is 6.61 Å². The van der Waals surface area contributed by atoms with Crippen LogP contribution in [-0.4, -0.2) is 12.6 Å². The molecule has 0 atom stereocenters. The molecule has 0 heterocycles. The van der Waals surface area contributed by atoms with Gasteiger partial charge in [-0.15, -0.1) is 0 Å². The van der Waals surface area contributed by atoms with Gasteiger partial charge in [0, 0.05) is 10.0 Å². The summed E-state index contributed by atoms with van der Waals surface area (Å²) < 4.78 is 5.74. The Morgan fingerprint density at radius 3 is 2.62 bits per heavy atom. The van der Waals surface area contributed by atoms with Crippen LogP contribution in [0.4, 0.5) is 0 Å². The van der Waals surface area contributed by atoms with Crippen molar-refractivity contribution in [3.8, 4) is 0 Å². The first-order chi connectivity index (χ1) is 7.57. The van der Waals surface area contributed by atoms with Gasteiger partial charge < -0.3 is 4.74 Å². The third-order valence-corrected chi connectivity index (χ3v) is 3.20. The minimum Gasteiger partial charge on any atom is -0.463 e. The molecule has 0 saturated carbocycles. The highest BCUT2D eigenvalue weighted by molar-refractivity contribution is 9.10. The molecule has 0 unspecified atom stereocenters. The smallest absolute Gasteiger partial charge is 0.335 e. The van der Waals surface area contributed by atoms with E-state index >= 15 is 0 Å². The monoisotopic (exact) mass is 302 g/mol. The fourth-order valence-corrected chi connectivity index (χ4v) is 2.01. The van der Waals surface area contributed by atoms with Gasteiger partial charge >= 0.3 is 5.97 Å². The van der Waals surface area contributed by atoms with Crippen LogP contribution in [0.5, 0.6) is 0 Å². The average molecular weight is 304 g/mol. The fraction of sp³-hybridized carbons (Fsp3) is 0.250. The standard InChI is InChI=1S/C12H12BrClO2/c1-3-16-12(15)8(2)11(14)9-6-4-5-7-10(9)13/h4-7H,3H2,1-2H3/b11-8+. The molecule has 0 N–H and O–H groups in total. The molecule has 0 aliphatic carbocycles. The summed E-state index contributed by atoms with van der Waals surface area (Å²) in [5, 5.41) is 0.408. The van der Waals surface area contributed by atoms with Gasteiger partial charge in [-0.3, -0.25) is 0 Å². The largest absolute Gasteiger partial charge is 0.463 e. The van der Waals surface area contributed by atoms with Gasteiger partial charge in [-0.2, -0.15) is 0 Å². The summed E-state index contributed by atoms with van der Waals surface area (Å²) in [5.74, 6) is -0.386. The zero-order chi connectivity index (χ0) is 12.1. The van der Waals surface area contributed by atoms with E-state index in [0.717, 1.165) is 10.0 Å². The van der Waals surface area contributed by atoms with Crippen molar-refractivity contribution in [3.63, 3.8) is 0 Å². The summed E-state index contributed by atoms with van der Waals surface area (Å²) in [4.78, 5) is 11.5. The molecule has 0 spiro atoms. The van der Waals surface area contributed by atoms with Crippen molar-refractivity contribution in [2.45, 2.75) is 13.8 Å². The van der Waals surface area contributed by atoms with Gasteiger partial charge in [0.05, 0.1) is 17.2 Å². The summed E-state index contributed by atoms with van der Waals surface area (Å²) in [6.07, 6.45) is 0. The molecule has 0 aliphatic rings. The lowest BCUT2D eigenvalue weighted by atomic mass is 10.1. The molecule has 16 heavy (non-hydrogen) atoms. The summed E-state index contributed by atoms with van der Waals surface area (Å²) in [6, 6.07) is 7.46. The summed E-state index contributed by atoms with van der Waals surface area (Å²) in [5.41, 5.74) is 1.20. The Morgan fingerprint density at radius 1 is 1.44 bits per heavy atom. The SMILES string of the molecule is CCOC(=O)/C(C)=C(/Cl)c1ccccc1Br. The van der Waals surface area contributed by atoms with Gasteiger partial charge in [0.2, 0.25) is 0 Å². The normalized spacial score (nSPS) is 12.0. The number of esters is 1. The van der Waals surface area contributed by atoms with Crippen molar-refractivity contribution in [2.24, 2.45) is 0 Å². The maximum Gasteiger partial charge on any atom is 0.335 e. The molecular weight excluding hydrogens is 291 g/mol. The third-order valence-electron chi connectivity index (χ3n) is 2.02. The van der Waals surface area contributed by atoms with Crippen LogP contribution in [0.2, 0.25) is 0 Å². The predicted molar refractivity (Wildman–Crippen MR) is 69.2 cm³/mol. The zero-order valence-electron chi connectivity index (χ0n) is 9.09. The quantitative estimate of drug-likeness (QED) is 0.623. The van der Waals surface area contributed by atoms with E-state index in [2.05, 4.69) is 15.9 Å². The molecule has 0 bridgehead atoms. The molecular formula is C12H12BrClO2. The van der Waals surface area contributed by atoms with Gasteiger partial charge in [-0.05, 0) is 19.9 Å². The number of ether oxygens (including phenoxy) is 1. The summed E-state index contributed by atoms with van der Waals surface area (Å²) >= 11 is 9.52. The first kappa shape index (κ1) is 13.3. The van der Waals surface area contributed by atoms with E-state index in [4.69, 9.17) is 16.3 Å². The predicted octanol–water partition coefficient (Wildman–Crippen LogP) is 3.98. The number of halogens is 2. The highest BCUT2D eigenvalue weighted by Gasteiger charge is 2.13. The topological polar surface area (TPSA) is 26.3 Å². The molecule has 1 rings (SSSR count).